The van der Waals surface area contributed by atoms with Gasteiger partial charge in [0.15, 0.2) is 5.96 Å². The number of aromatic nitrogens is 1. The van der Waals surface area contributed by atoms with Crippen LogP contribution in [0, 0.1) is 0 Å². The number of ether oxygens (including phenoxy) is 2. The molecule has 1 atom stereocenters. The van der Waals surface area contributed by atoms with Crippen LogP contribution in [-0.2, 0) is 11.2 Å². The largest absolute Gasteiger partial charge is 0.497 e. The van der Waals surface area contributed by atoms with Crippen LogP contribution in [0.1, 0.15) is 17.3 Å². The molecule has 0 bridgehead atoms. The van der Waals surface area contributed by atoms with Crippen LogP contribution in [0.4, 0.5) is 0 Å². The van der Waals surface area contributed by atoms with E-state index in [1.165, 1.54) is 5.56 Å². The maximum Gasteiger partial charge on any atom is 0.191 e. The molecule has 1 aliphatic heterocycles. The second-order valence-corrected chi connectivity index (χ2v) is 6.89. The van der Waals surface area contributed by atoms with Crippen LogP contribution in [0.25, 0.3) is 0 Å². The topological polar surface area (TPSA) is 71.0 Å². The van der Waals surface area contributed by atoms with E-state index in [2.05, 4.69) is 37.6 Å². The number of hydrogen-bond acceptors (Lipinski definition) is 5. The molecule has 7 nitrogen and oxygen atoms in total. The number of aliphatic imine (C=N–C) groups is 1. The van der Waals surface area contributed by atoms with Crippen molar-refractivity contribution in [3.63, 3.8) is 0 Å². The molecule has 0 radical (unpaired) electrons. The second kappa shape index (κ2) is 11.4. The molecular weight excluding hydrogens is 366 g/mol. The minimum Gasteiger partial charge on any atom is -0.497 e. The smallest absolute Gasteiger partial charge is 0.191 e. The van der Waals surface area contributed by atoms with Gasteiger partial charge in [-0.3, -0.25) is 14.9 Å². The van der Waals surface area contributed by atoms with Crippen LogP contribution in [0.2, 0.25) is 0 Å². The first-order valence-corrected chi connectivity index (χ1v) is 10.1. The third-order valence-corrected chi connectivity index (χ3v) is 5.07. The van der Waals surface area contributed by atoms with Crippen LogP contribution < -0.4 is 15.4 Å². The molecular formula is C22H31N5O2. The van der Waals surface area contributed by atoms with Gasteiger partial charge in [-0.15, -0.1) is 0 Å². The third kappa shape index (κ3) is 6.44. The molecule has 1 fully saturated rings. The number of guanidine groups is 1. The highest BCUT2D eigenvalue weighted by Crippen LogP contribution is 2.23. The monoisotopic (exact) mass is 397 g/mol. The van der Waals surface area contributed by atoms with Crippen LogP contribution in [-0.4, -0.2) is 69.4 Å². The molecule has 156 valence electrons. The number of nitrogens with one attached hydrogen (secondary N) is 2. The van der Waals surface area contributed by atoms with Crippen LogP contribution in [0.5, 0.6) is 5.75 Å². The summed E-state index contributed by atoms with van der Waals surface area (Å²) in [4.78, 5) is 11.2. The molecule has 29 heavy (non-hydrogen) atoms. The molecule has 7 heteroatoms. The van der Waals surface area contributed by atoms with Crippen LogP contribution in [0.3, 0.4) is 0 Å². The standard InChI is InChI=1S/C22H31N5O2/c1-23-22(25-12-10-19-5-3-4-11-24-19)26-17-21(27-13-15-29-16-14-27)18-6-8-20(28-2)9-7-18/h3-9,11,21H,10,12-17H2,1-2H3,(H2,23,25,26). The zero-order chi connectivity index (χ0) is 20.3. The van der Waals surface area contributed by atoms with Crippen molar-refractivity contribution >= 4 is 5.96 Å². The molecule has 1 saturated heterocycles. The molecule has 1 unspecified atom stereocenters. The number of morpholine rings is 1. The summed E-state index contributed by atoms with van der Waals surface area (Å²) in [6.07, 6.45) is 2.68. The summed E-state index contributed by atoms with van der Waals surface area (Å²) in [5.41, 5.74) is 2.32. The van der Waals surface area contributed by atoms with E-state index >= 15 is 0 Å². The maximum absolute atomic E-state index is 5.54. The minimum absolute atomic E-state index is 0.235. The van der Waals surface area contributed by atoms with E-state index in [9.17, 15) is 0 Å². The first kappa shape index (κ1) is 21.1. The van der Waals surface area contributed by atoms with Gasteiger partial charge in [-0.05, 0) is 29.8 Å². The van der Waals surface area contributed by atoms with Crippen LogP contribution >= 0.6 is 0 Å². The molecule has 2 heterocycles. The Hall–Kier alpha value is -2.64. The fraction of sp³-hybridized carbons (Fsp3) is 0.455. The lowest BCUT2D eigenvalue weighted by molar-refractivity contribution is 0.0170. The second-order valence-electron chi connectivity index (χ2n) is 6.89. The van der Waals surface area contributed by atoms with Crippen molar-refractivity contribution in [2.24, 2.45) is 4.99 Å². The zero-order valence-corrected chi connectivity index (χ0v) is 17.3. The highest BCUT2D eigenvalue weighted by atomic mass is 16.5. The van der Waals surface area contributed by atoms with Crippen molar-refractivity contribution in [1.29, 1.82) is 0 Å². The van der Waals surface area contributed by atoms with E-state index in [0.717, 1.165) is 63.2 Å². The fourth-order valence-corrected chi connectivity index (χ4v) is 3.44. The summed E-state index contributed by atoms with van der Waals surface area (Å²) in [6, 6.07) is 14.5. The van der Waals surface area contributed by atoms with Gasteiger partial charge in [0, 0.05) is 51.5 Å². The molecule has 2 aromatic rings. The van der Waals surface area contributed by atoms with Gasteiger partial charge in [0.05, 0.1) is 26.4 Å². The van der Waals surface area contributed by atoms with Gasteiger partial charge < -0.3 is 20.1 Å². The van der Waals surface area contributed by atoms with Crippen molar-refractivity contribution in [1.82, 2.24) is 20.5 Å². The van der Waals surface area contributed by atoms with Crippen molar-refractivity contribution in [3.8, 4) is 5.75 Å². The number of hydrogen-bond donors (Lipinski definition) is 2. The molecule has 0 aliphatic carbocycles. The van der Waals surface area contributed by atoms with E-state index < -0.39 is 0 Å². The molecule has 0 saturated carbocycles. The first-order valence-electron chi connectivity index (χ1n) is 10.1. The molecule has 1 aliphatic rings. The lowest BCUT2D eigenvalue weighted by Gasteiger charge is -2.35. The van der Waals surface area contributed by atoms with Gasteiger partial charge in [0.2, 0.25) is 0 Å². The van der Waals surface area contributed by atoms with Gasteiger partial charge in [0.25, 0.3) is 0 Å². The summed E-state index contributed by atoms with van der Waals surface area (Å²) >= 11 is 0. The Labute approximate surface area is 173 Å². The van der Waals surface area contributed by atoms with Crippen molar-refractivity contribution < 1.29 is 9.47 Å². The predicted molar refractivity (Wildman–Crippen MR) is 115 cm³/mol. The normalized spacial score (nSPS) is 16.3. The highest BCUT2D eigenvalue weighted by Gasteiger charge is 2.23. The first-order chi connectivity index (χ1) is 14.3. The quantitative estimate of drug-likeness (QED) is 0.524. The van der Waals surface area contributed by atoms with Gasteiger partial charge in [-0.1, -0.05) is 18.2 Å². The van der Waals surface area contributed by atoms with E-state index in [-0.39, 0.29) is 6.04 Å². The van der Waals surface area contributed by atoms with Crippen molar-refractivity contribution in [2.75, 3.05) is 53.6 Å². The molecule has 1 aromatic carbocycles. The molecule has 2 N–H and O–H groups in total. The third-order valence-electron chi connectivity index (χ3n) is 5.07. The average molecular weight is 398 g/mol. The molecule has 0 spiro atoms. The Balaban J connectivity index is 1.58. The maximum atomic E-state index is 5.54. The molecule has 0 amide bonds. The summed E-state index contributed by atoms with van der Waals surface area (Å²) in [5.74, 6) is 1.67. The zero-order valence-electron chi connectivity index (χ0n) is 17.3. The lowest BCUT2D eigenvalue weighted by Crippen LogP contribution is -2.46. The van der Waals surface area contributed by atoms with Gasteiger partial charge >= 0.3 is 0 Å². The van der Waals surface area contributed by atoms with Gasteiger partial charge in [-0.2, -0.15) is 0 Å². The fourth-order valence-electron chi connectivity index (χ4n) is 3.44. The lowest BCUT2D eigenvalue weighted by atomic mass is 10.0. The minimum atomic E-state index is 0.235. The van der Waals surface area contributed by atoms with E-state index in [4.69, 9.17) is 9.47 Å². The number of nitrogens with zero attached hydrogens (tertiary/aromatic N) is 3. The average Bonchev–Trinajstić information content (AvgIpc) is 2.80. The Bertz CT molecular complexity index is 746. The van der Waals surface area contributed by atoms with Crippen molar-refractivity contribution in [3.05, 3.63) is 59.9 Å². The van der Waals surface area contributed by atoms with Crippen molar-refractivity contribution in [2.45, 2.75) is 12.5 Å². The highest BCUT2D eigenvalue weighted by molar-refractivity contribution is 5.79. The summed E-state index contributed by atoms with van der Waals surface area (Å²) in [7, 11) is 3.49. The Kier molecular flexibility index (Phi) is 8.27. The number of benzene rings is 1. The summed E-state index contributed by atoms with van der Waals surface area (Å²) in [5, 5.41) is 6.87. The molecule has 1 aromatic heterocycles. The Morgan fingerprint density at radius 3 is 2.62 bits per heavy atom. The summed E-state index contributed by atoms with van der Waals surface area (Å²) < 4.78 is 10.8. The van der Waals surface area contributed by atoms with E-state index in [1.54, 1.807) is 14.2 Å². The van der Waals surface area contributed by atoms with Gasteiger partial charge in [-0.25, -0.2) is 0 Å². The summed E-state index contributed by atoms with van der Waals surface area (Å²) in [6.45, 7) is 4.92. The van der Waals surface area contributed by atoms with Gasteiger partial charge in [0.1, 0.15) is 5.75 Å². The SMILES string of the molecule is CN=C(NCCc1ccccn1)NCC(c1ccc(OC)cc1)N1CCOCC1. The Morgan fingerprint density at radius 1 is 1.17 bits per heavy atom. The number of rotatable bonds is 8. The molecule has 3 rings (SSSR count). The number of pyridine rings is 1. The van der Waals surface area contributed by atoms with E-state index in [1.807, 2.05) is 36.5 Å². The Morgan fingerprint density at radius 2 is 1.97 bits per heavy atom. The number of methoxy groups -OCH3 is 1. The predicted octanol–water partition coefficient (Wildman–Crippen LogP) is 1.87. The van der Waals surface area contributed by atoms with E-state index in [0.29, 0.717) is 0 Å². The van der Waals surface area contributed by atoms with Crippen LogP contribution in [0.15, 0.2) is 53.7 Å².